The van der Waals surface area contributed by atoms with Gasteiger partial charge in [0.25, 0.3) is 0 Å². The van der Waals surface area contributed by atoms with Gasteiger partial charge in [-0.25, -0.2) is 0 Å². The topological polar surface area (TPSA) is 12.0 Å². The van der Waals surface area contributed by atoms with Gasteiger partial charge in [-0.15, -0.1) is 11.8 Å². The van der Waals surface area contributed by atoms with Crippen molar-refractivity contribution in [2.45, 2.75) is 51.5 Å². The molecule has 1 N–H and O–H groups in total. The van der Waals surface area contributed by atoms with Crippen molar-refractivity contribution < 1.29 is 0 Å². The summed E-state index contributed by atoms with van der Waals surface area (Å²) < 4.78 is 0. The minimum Gasteiger partial charge on any atom is -0.310 e. The van der Waals surface area contributed by atoms with Crippen LogP contribution in [-0.2, 0) is 0 Å². The number of hydrogen-bond donors (Lipinski definition) is 1. The van der Waals surface area contributed by atoms with Crippen molar-refractivity contribution in [2.75, 3.05) is 12.3 Å². The van der Waals surface area contributed by atoms with E-state index >= 15 is 0 Å². The molecule has 1 nitrogen and oxygen atoms in total. The minimum absolute atomic E-state index is 0.496. The largest absolute Gasteiger partial charge is 0.310 e. The first kappa shape index (κ1) is 15.6. The van der Waals surface area contributed by atoms with E-state index in [1.54, 1.807) is 0 Å². The highest BCUT2D eigenvalue weighted by Gasteiger charge is 2.16. The fraction of sp³-hybridized carbons (Fsp3) is 0.625. The Labute approximate surface area is 117 Å². The molecular formula is C16H27NS. The lowest BCUT2D eigenvalue weighted by molar-refractivity contribution is 0.377. The number of rotatable bonds is 8. The van der Waals surface area contributed by atoms with Crippen LogP contribution in [0.5, 0.6) is 0 Å². The summed E-state index contributed by atoms with van der Waals surface area (Å²) in [5, 5.41) is 3.68. The summed E-state index contributed by atoms with van der Waals surface area (Å²) in [6, 6.07) is 9.59. The maximum Gasteiger partial charge on any atom is 0.0345 e. The van der Waals surface area contributed by atoms with Crippen LogP contribution in [-0.4, -0.2) is 12.3 Å². The summed E-state index contributed by atoms with van der Waals surface area (Å²) in [7, 11) is 0. The highest BCUT2D eigenvalue weighted by Crippen LogP contribution is 2.26. The molecule has 0 aliphatic heterocycles. The molecule has 0 saturated heterocycles. The van der Waals surface area contributed by atoms with E-state index in [1.807, 2.05) is 11.8 Å². The lowest BCUT2D eigenvalue weighted by atomic mass is 9.92. The third-order valence-corrected chi connectivity index (χ3v) is 4.27. The summed E-state index contributed by atoms with van der Waals surface area (Å²) >= 11 is 1.91. The van der Waals surface area contributed by atoms with E-state index in [-0.39, 0.29) is 0 Å². The lowest BCUT2D eigenvalue weighted by Crippen LogP contribution is -2.27. The first-order valence-electron chi connectivity index (χ1n) is 7.19. The second-order valence-corrected chi connectivity index (χ2v) is 6.16. The Morgan fingerprint density at radius 2 is 1.78 bits per heavy atom. The van der Waals surface area contributed by atoms with Gasteiger partial charge in [0.2, 0.25) is 0 Å². The molecule has 1 aromatic rings. The van der Waals surface area contributed by atoms with Crippen molar-refractivity contribution in [3.8, 4) is 0 Å². The van der Waals surface area contributed by atoms with Crippen LogP contribution in [0.4, 0.5) is 0 Å². The van der Waals surface area contributed by atoms with Gasteiger partial charge in [-0.2, -0.15) is 0 Å². The second kappa shape index (κ2) is 8.60. The van der Waals surface area contributed by atoms with E-state index in [0.717, 1.165) is 12.3 Å². The monoisotopic (exact) mass is 265 g/mol. The molecule has 2 atom stereocenters. The third kappa shape index (κ3) is 4.66. The molecule has 0 aromatic heterocycles. The van der Waals surface area contributed by atoms with Crippen LogP contribution in [0.1, 0.15) is 52.1 Å². The Morgan fingerprint density at radius 1 is 1.11 bits per heavy atom. The first-order valence-corrected chi connectivity index (χ1v) is 8.17. The van der Waals surface area contributed by atoms with E-state index in [2.05, 4.69) is 57.3 Å². The molecule has 1 rings (SSSR count). The van der Waals surface area contributed by atoms with Crippen molar-refractivity contribution in [3.05, 3.63) is 29.8 Å². The molecule has 0 saturated carbocycles. The van der Waals surface area contributed by atoms with E-state index in [0.29, 0.717) is 12.0 Å². The van der Waals surface area contributed by atoms with E-state index in [9.17, 15) is 0 Å². The molecule has 0 fully saturated rings. The third-order valence-electron chi connectivity index (χ3n) is 3.38. The molecule has 2 unspecified atom stereocenters. The Hall–Kier alpha value is -0.470. The minimum atomic E-state index is 0.496. The molecule has 0 spiro atoms. The maximum atomic E-state index is 3.68. The smallest absolute Gasteiger partial charge is 0.0345 e. The van der Waals surface area contributed by atoms with Crippen LogP contribution >= 0.6 is 11.8 Å². The van der Waals surface area contributed by atoms with Crippen molar-refractivity contribution >= 4 is 11.8 Å². The Bertz CT molecular complexity index is 320. The fourth-order valence-electron chi connectivity index (χ4n) is 2.12. The Kier molecular flexibility index (Phi) is 7.45. The van der Waals surface area contributed by atoms with E-state index in [4.69, 9.17) is 0 Å². The summed E-state index contributed by atoms with van der Waals surface area (Å²) in [6.07, 6.45) is 2.41. The van der Waals surface area contributed by atoms with Crippen molar-refractivity contribution in [2.24, 2.45) is 5.92 Å². The SMILES string of the molecule is CCCNC(c1ccc(SCC)cc1)C(C)CC. The van der Waals surface area contributed by atoms with Gasteiger partial charge in [-0.05, 0) is 42.3 Å². The van der Waals surface area contributed by atoms with Crippen LogP contribution in [0.2, 0.25) is 0 Å². The van der Waals surface area contributed by atoms with Crippen molar-refractivity contribution in [1.82, 2.24) is 5.32 Å². The molecular weight excluding hydrogens is 238 g/mol. The standard InChI is InChI=1S/C16H27NS/c1-5-12-17-16(13(4)6-2)14-8-10-15(11-9-14)18-7-3/h8-11,13,16-17H,5-7,12H2,1-4H3. The molecule has 2 heteroatoms. The highest BCUT2D eigenvalue weighted by atomic mass is 32.2. The van der Waals surface area contributed by atoms with Gasteiger partial charge in [0.05, 0.1) is 0 Å². The van der Waals surface area contributed by atoms with Crippen LogP contribution in [0.15, 0.2) is 29.2 Å². The van der Waals surface area contributed by atoms with Crippen molar-refractivity contribution in [3.63, 3.8) is 0 Å². The molecule has 0 aliphatic carbocycles. The van der Waals surface area contributed by atoms with Crippen molar-refractivity contribution in [1.29, 1.82) is 0 Å². The Morgan fingerprint density at radius 3 is 2.28 bits per heavy atom. The van der Waals surface area contributed by atoms with E-state index < -0.39 is 0 Å². The maximum absolute atomic E-state index is 3.68. The average Bonchev–Trinajstić information content (AvgIpc) is 2.41. The molecule has 0 amide bonds. The summed E-state index contributed by atoms with van der Waals surface area (Å²) in [6.45, 7) is 10.1. The number of hydrogen-bond acceptors (Lipinski definition) is 2. The first-order chi connectivity index (χ1) is 8.72. The molecule has 102 valence electrons. The number of nitrogens with one attached hydrogen (secondary N) is 1. The fourth-order valence-corrected chi connectivity index (χ4v) is 2.78. The Balaban J connectivity index is 2.77. The van der Waals surface area contributed by atoms with Crippen LogP contribution in [0, 0.1) is 5.92 Å². The molecule has 1 aromatic carbocycles. The summed E-state index contributed by atoms with van der Waals surface area (Å²) in [4.78, 5) is 1.37. The number of benzene rings is 1. The zero-order valence-corrected chi connectivity index (χ0v) is 13.0. The summed E-state index contributed by atoms with van der Waals surface area (Å²) in [5.41, 5.74) is 1.43. The van der Waals surface area contributed by atoms with Gasteiger partial charge in [0.1, 0.15) is 0 Å². The van der Waals surface area contributed by atoms with Gasteiger partial charge in [0.15, 0.2) is 0 Å². The van der Waals surface area contributed by atoms with Crippen LogP contribution in [0.3, 0.4) is 0 Å². The molecule has 0 radical (unpaired) electrons. The van der Waals surface area contributed by atoms with Gasteiger partial charge >= 0.3 is 0 Å². The van der Waals surface area contributed by atoms with Gasteiger partial charge in [-0.1, -0.05) is 46.2 Å². The predicted octanol–water partition coefficient (Wildman–Crippen LogP) is 4.89. The highest BCUT2D eigenvalue weighted by molar-refractivity contribution is 7.99. The summed E-state index contributed by atoms with van der Waals surface area (Å²) in [5.74, 6) is 1.82. The van der Waals surface area contributed by atoms with Gasteiger partial charge < -0.3 is 5.32 Å². The zero-order chi connectivity index (χ0) is 13.4. The van der Waals surface area contributed by atoms with Crippen LogP contribution < -0.4 is 5.32 Å². The zero-order valence-electron chi connectivity index (χ0n) is 12.2. The predicted molar refractivity (Wildman–Crippen MR) is 83.3 cm³/mol. The molecule has 0 heterocycles. The van der Waals surface area contributed by atoms with E-state index in [1.165, 1.54) is 23.3 Å². The number of thioether (sulfide) groups is 1. The lowest BCUT2D eigenvalue weighted by Gasteiger charge is -2.25. The second-order valence-electron chi connectivity index (χ2n) is 4.82. The molecule has 18 heavy (non-hydrogen) atoms. The average molecular weight is 265 g/mol. The van der Waals surface area contributed by atoms with Gasteiger partial charge in [0, 0.05) is 10.9 Å². The molecule has 0 aliphatic rings. The quantitative estimate of drug-likeness (QED) is 0.672. The molecule has 0 bridgehead atoms. The van der Waals surface area contributed by atoms with Gasteiger partial charge in [-0.3, -0.25) is 0 Å². The normalized spacial score (nSPS) is 14.4. The van der Waals surface area contributed by atoms with Crippen LogP contribution in [0.25, 0.3) is 0 Å².